The summed E-state index contributed by atoms with van der Waals surface area (Å²) in [5.74, 6) is 4.14. The molecule has 0 aromatic rings. The van der Waals surface area contributed by atoms with Crippen LogP contribution in [0, 0.1) is 57.2 Å². The van der Waals surface area contributed by atoms with Crippen LogP contribution in [0.25, 0.3) is 0 Å². The Kier molecular flexibility index (Phi) is 5.28. The third kappa shape index (κ3) is 2.82. The second kappa shape index (κ2) is 7.21. The first kappa shape index (κ1) is 22.7. The highest BCUT2D eigenvalue weighted by molar-refractivity contribution is 5.29. The van der Waals surface area contributed by atoms with Gasteiger partial charge < -0.3 is 10.2 Å². The van der Waals surface area contributed by atoms with Crippen LogP contribution in [0.15, 0.2) is 0 Å². The van der Waals surface area contributed by atoms with E-state index in [-0.39, 0.29) is 12.2 Å². The molecule has 31 heavy (non-hydrogen) atoms. The quantitative estimate of drug-likeness (QED) is 0.502. The van der Waals surface area contributed by atoms with E-state index in [0.717, 1.165) is 36.5 Å². The van der Waals surface area contributed by atoms with E-state index in [9.17, 15) is 10.2 Å². The lowest BCUT2D eigenvalue weighted by Gasteiger charge is -2.62. The highest BCUT2D eigenvalue weighted by Gasteiger charge is 2.81. The SMILES string of the molecule is CC(C)[C@@H](O)CC[C@@H](C)[C@H]1CC[C@@]2(C)C3CC[C@H]4[C@@H](C)[C@@H](O)CC[C@@]45C[C@@]35CC[C@]12C. The Morgan fingerprint density at radius 3 is 2.29 bits per heavy atom. The van der Waals surface area contributed by atoms with Crippen molar-refractivity contribution in [3.05, 3.63) is 0 Å². The standard InChI is InChI=1S/C29H50O2/c1-18(2)23(30)9-7-19(3)21-11-13-27(6)25-10-8-22-20(4)24(31)12-14-28(22)17-29(25,28)16-15-26(21,27)5/h18-25,30-31H,7-17H2,1-6H3/t19-,20-,21-,22+,23+,24+,25?,26-,27+,28-,29+/m1/s1. The molecule has 0 radical (unpaired) electrons. The van der Waals surface area contributed by atoms with Crippen LogP contribution in [0.2, 0.25) is 0 Å². The van der Waals surface area contributed by atoms with E-state index >= 15 is 0 Å². The normalized spacial score (nSPS) is 55.1. The molecule has 5 aliphatic rings. The van der Waals surface area contributed by atoms with Gasteiger partial charge in [-0.15, -0.1) is 0 Å². The molecule has 2 heteroatoms. The molecule has 1 unspecified atom stereocenters. The van der Waals surface area contributed by atoms with E-state index in [1.807, 2.05) is 0 Å². The Balaban J connectivity index is 1.37. The first-order chi connectivity index (χ1) is 14.5. The summed E-state index contributed by atoms with van der Waals surface area (Å²) in [6, 6.07) is 0. The third-order valence-corrected chi connectivity index (χ3v) is 13.1. The molecule has 178 valence electrons. The number of fused-ring (bicyclic) bond motifs is 2. The molecule has 0 aromatic heterocycles. The predicted molar refractivity (Wildman–Crippen MR) is 128 cm³/mol. The van der Waals surface area contributed by atoms with E-state index in [1.54, 1.807) is 0 Å². The Morgan fingerprint density at radius 1 is 0.839 bits per heavy atom. The second-order valence-corrected chi connectivity index (χ2v) is 14.0. The molecule has 5 rings (SSSR count). The molecule has 0 aliphatic heterocycles. The third-order valence-electron chi connectivity index (χ3n) is 13.1. The molecule has 5 fully saturated rings. The van der Waals surface area contributed by atoms with Gasteiger partial charge in [0.05, 0.1) is 12.2 Å². The zero-order valence-corrected chi connectivity index (χ0v) is 21.3. The van der Waals surface area contributed by atoms with Crippen molar-refractivity contribution in [1.29, 1.82) is 0 Å². The van der Waals surface area contributed by atoms with Crippen molar-refractivity contribution >= 4 is 0 Å². The lowest BCUT2D eigenvalue weighted by atomic mass is 9.43. The lowest BCUT2D eigenvalue weighted by Crippen LogP contribution is -2.56. The van der Waals surface area contributed by atoms with Gasteiger partial charge in [0.1, 0.15) is 0 Å². The van der Waals surface area contributed by atoms with Crippen molar-refractivity contribution in [3.8, 4) is 0 Å². The Hall–Kier alpha value is -0.0800. The number of hydrogen-bond donors (Lipinski definition) is 2. The van der Waals surface area contributed by atoms with Crippen LogP contribution in [-0.2, 0) is 0 Å². The summed E-state index contributed by atoms with van der Waals surface area (Å²) in [6.45, 7) is 14.5. The molecule has 11 atom stereocenters. The first-order valence-corrected chi connectivity index (χ1v) is 13.9. The maximum atomic E-state index is 10.6. The van der Waals surface area contributed by atoms with Crippen LogP contribution < -0.4 is 0 Å². The van der Waals surface area contributed by atoms with Crippen LogP contribution in [0.3, 0.4) is 0 Å². The molecular weight excluding hydrogens is 380 g/mol. The van der Waals surface area contributed by atoms with E-state index in [1.165, 1.54) is 57.8 Å². The molecule has 5 saturated carbocycles. The lowest BCUT2D eigenvalue weighted by molar-refractivity contribution is -0.143. The number of hydrogen-bond acceptors (Lipinski definition) is 2. The zero-order valence-electron chi connectivity index (χ0n) is 21.3. The zero-order chi connectivity index (χ0) is 22.4. The maximum Gasteiger partial charge on any atom is 0.0568 e. The first-order valence-electron chi connectivity index (χ1n) is 13.9. The van der Waals surface area contributed by atoms with Crippen LogP contribution in [0.5, 0.6) is 0 Å². The van der Waals surface area contributed by atoms with Gasteiger partial charge in [0.15, 0.2) is 0 Å². The molecule has 0 saturated heterocycles. The summed E-state index contributed by atoms with van der Waals surface area (Å²) in [5, 5.41) is 21.0. The summed E-state index contributed by atoms with van der Waals surface area (Å²) < 4.78 is 0. The van der Waals surface area contributed by atoms with Gasteiger partial charge in [-0.2, -0.15) is 0 Å². The minimum Gasteiger partial charge on any atom is -0.393 e. The van der Waals surface area contributed by atoms with Gasteiger partial charge in [0, 0.05) is 0 Å². The average Bonchev–Trinajstić information content (AvgIpc) is 3.31. The average molecular weight is 431 g/mol. The highest BCUT2D eigenvalue weighted by atomic mass is 16.3. The van der Waals surface area contributed by atoms with Crippen LogP contribution in [-0.4, -0.2) is 22.4 Å². The van der Waals surface area contributed by atoms with Crippen molar-refractivity contribution < 1.29 is 10.2 Å². The molecular formula is C29H50O2. The van der Waals surface area contributed by atoms with E-state index in [2.05, 4.69) is 41.5 Å². The van der Waals surface area contributed by atoms with Gasteiger partial charge in [-0.25, -0.2) is 0 Å². The Morgan fingerprint density at radius 2 is 1.58 bits per heavy atom. The summed E-state index contributed by atoms with van der Waals surface area (Å²) >= 11 is 0. The minimum atomic E-state index is -0.136. The predicted octanol–water partition coefficient (Wildman–Crippen LogP) is 6.83. The summed E-state index contributed by atoms with van der Waals surface area (Å²) in [5.41, 5.74) is 2.17. The van der Waals surface area contributed by atoms with Gasteiger partial charge in [0.2, 0.25) is 0 Å². The topological polar surface area (TPSA) is 40.5 Å². The molecule has 0 aromatic carbocycles. The monoisotopic (exact) mass is 430 g/mol. The molecule has 0 bridgehead atoms. The van der Waals surface area contributed by atoms with Gasteiger partial charge in [-0.3, -0.25) is 0 Å². The maximum absolute atomic E-state index is 10.6. The van der Waals surface area contributed by atoms with Crippen molar-refractivity contribution in [2.45, 2.75) is 124 Å². The highest BCUT2D eigenvalue weighted by Crippen LogP contribution is 2.88. The summed E-state index contributed by atoms with van der Waals surface area (Å²) in [6.07, 6.45) is 14.3. The smallest absolute Gasteiger partial charge is 0.0568 e. The largest absolute Gasteiger partial charge is 0.393 e. The summed E-state index contributed by atoms with van der Waals surface area (Å²) in [4.78, 5) is 0. The Labute approximate surface area is 192 Å². The molecule has 2 N–H and O–H groups in total. The molecule has 2 spiro atoms. The minimum absolute atomic E-state index is 0.0489. The van der Waals surface area contributed by atoms with Crippen molar-refractivity contribution in [3.63, 3.8) is 0 Å². The molecule has 0 amide bonds. The number of rotatable bonds is 5. The Bertz CT molecular complexity index is 703. The van der Waals surface area contributed by atoms with Crippen LogP contribution >= 0.6 is 0 Å². The van der Waals surface area contributed by atoms with Crippen molar-refractivity contribution in [2.24, 2.45) is 57.2 Å². The number of aliphatic hydroxyl groups is 2. The van der Waals surface area contributed by atoms with Crippen molar-refractivity contribution in [2.75, 3.05) is 0 Å². The fraction of sp³-hybridized carbons (Fsp3) is 1.00. The fourth-order valence-electron chi connectivity index (χ4n) is 10.9. The van der Waals surface area contributed by atoms with Gasteiger partial charge >= 0.3 is 0 Å². The molecule has 0 heterocycles. The second-order valence-electron chi connectivity index (χ2n) is 14.0. The fourth-order valence-corrected chi connectivity index (χ4v) is 10.9. The molecule has 2 nitrogen and oxygen atoms in total. The van der Waals surface area contributed by atoms with Crippen LogP contribution in [0.1, 0.15) is 112 Å². The van der Waals surface area contributed by atoms with E-state index in [0.29, 0.717) is 33.5 Å². The van der Waals surface area contributed by atoms with Gasteiger partial charge in [-0.05, 0) is 128 Å². The van der Waals surface area contributed by atoms with Crippen LogP contribution in [0.4, 0.5) is 0 Å². The van der Waals surface area contributed by atoms with Gasteiger partial charge in [-0.1, -0.05) is 41.5 Å². The number of aliphatic hydroxyl groups excluding tert-OH is 2. The van der Waals surface area contributed by atoms with E-state index < -0.39 is 0 Å². The molecule has 5 aliphatic carbocycles. The van der Waals surface area contributed by atoms with E-state index in [4.69, 9.17) is 0 Å². The van der Waals surface area contributed by atoms with Crippen molar-refractivity contribution in [1.82, 2.24) is 0 Å². The summed E-state index contributed by atoms with van der Waals surface area (Å²) in [7, 11) is 0. The van der Waals surface area contributed by atoms with Gasteiger partial charge in [0.25, 0.3) is 0 Å².